The maximum atomic E-state index is 11.2. The zero-order valence-corrected chi connectivity index (χ0v) is 10.8. The van der Waals surface area contributed by atoms with Gasteiger partial charge in [-0.2, -0.15) is 15.0 Å². The minimum Gasteiger partial charge on any atom is -0.368 e. The predicted molar refractivity (Wildman–Crippen MR) is 68.2 cm³/mol. The Labute approximate surface area is 103 Å². The molecule has 1 heterocycles. The number of nitrogen functional groups attached to an aromatic ring is 1. The van der Waals surface area contributed by atoms with Crippen molar-refractivity contribution in [2.24, 2.45) is 0 Å². The van der Waals surface area contributed by atoms with Gasteiger partial charge in [0, 0.05) is 34.8 Å². The number of nitrogens with one attached hydrogen (secondary N) is 1. The van der Waals surface area contributed by atoms with Crippen molar-refractivity contribution < 1.29 is 4.21 Å². The molecule has 3 N–H and O–H groups in total. The van der Waals surface area contributed by atoms with E-state index in [1.807, 2.05) is 6.92 Å². The summed E-state index contributed by atoms with van der Waals surface area (Å²) in [6.45, 7) is 2.48. The fourth-order valence-corrected chi connectivity index (χ4v) is 1.68. The Kier molecular flexibility index (Phi) is 3.56. The molecule has 1 fully saturated rings. The quantitative estimate of drug-likeness (QED) is 0.796. The van der Waals surface area contributed by atoms with E-state index in [0.29, 0.717) is 18.4 Å². The molecule has 6 nitrogen and oxygen atoms in total. The average molecular weight is 255 g/mol. The molecular weight excluding hydrogens is 238 g/mol. The number of nitrogens with two attached hydrogens (primary N) is 1. The van der Waals surface area contributed by atoms with Crippen LogP contribution in [0.4, 0.5) is 11.9 Å². The summed E-state index contributed by atoms with van der Waals surface area (Å²) in [4.78, 5) is 12.4. The van der Waals surface area contributed by atoms with Gasteiger partial charge < -0.3 is 11.1 Å². The van der Waals surface area contributed by atoms with Gasteiger partial charge in [0.25, 0.3) is 0 Å². The lowest BCUT2D eigenvalue weighted by molar-refractivity contribution is 0.678. The molecule has 2 unspecified atom stereocenters. The molecule has 0 aliphatic heterocycles. The first kappa shape index (κ1) is 12.2. The topological polar surface area (TPSA) is 93.8 Å². The molecule has 0 aromatic carbocycles. The van der Waals surface area contributed by atoms with E-state index in [1.165, 1.54) is 0 Å². The number of hydrogen-bond acceptors (Lipinski definition) is 6. The van der Waals surface area contributed by atoms with Gasteiger partial charge in [-0.15, -0.1) is 0 Å². The first-order valence-corrected chi connectivity index (χ1v) is 7.26. The van der Waals surface area contributed by atoms with Crippen LogP contribution in [0.5, 0.6) is 0 Å². The average Bonchev–Trinajstić information content (AvgIpc) is 3.08. The van der Waals surface area contributed by atoms with Gasteiger partial charge >= 0.3 is 0 Å². The van der Waals surface area contributed by atoms with Crippen LogP contribution in [0.2, 0.25) is 0 Å². The van der Waals surface area contributed by atoms with Gasteiger partial charge in [0.05, 0.1) is 0 Å². The largest absolute Gasteiger partial charge is 0.368 e. The molecule has 1 aromatic heterocycles. The van der Waals surface area contributed by atoms with E-state index in [2.05, 4.69) is 20.3 Å². The first-order valence-electron chi connectivity index (χ1n) is 5.64. The maximum Gasteiger partial charge on any atom is 0.227 e. The van der Waals surface area contributed by atoms with Gasteiger partial charge in [0.15, 0.2) is 0 Å². The van der Waals surface area contributed by atoms with Crippen molar-refractivity contribution in [3.63, 3.8) is 0 Å². The zero-order valence-electron chi connectivity index (χ0n) is 10.0. The molecule has 0 amide bonds. The highest BCUT2D eigenvalue weighted by Crippen LogP contribution is 2.38. The highest BCUT2D eigenvalue weighted by atomic mass is 32.2. The van der Waals surface area contributed by atoms with E-state index >= 15 is 0 Å². The van der Waals surface area contributed by atoms with E-state index in [9.17, 15) is 4.21 Å². The van der Waals surface area contributed by atoms with Crippen LogP contribution in [0.1, 0.15) is 31.5 Å². The van der Waals surface area contributed by atoms with E-state index in [4.69, 9.17) is 5.73 Å². The number of rotatable bonds is 5. The Hall–Kier alpha value is -1.24. The van der Waals surface area contributed by atoms with Crippen LogP contribution in [0.3, 0.4) is 0 Å². The van der Waals surface area contributed by atoms with Gasteiger partial charge in [-0.1, -0.05) is 0 Å². The summed E-state index contributed by atoms with van der Waals surface area (Å²) >= 11 is 0. The Morgan fingerprint density at radius 1 is 1.47 bits per heavy atom. The highest BCUT2D eigenvalue weighted by Gasteiger charge is 2.27. The predicted octanol–water partition coefficient (Wildman–Crippen LogP) is 0.510. The van der Waals surface area contributed by atoms with Crippen LogP contribution in [0, 0.1) is 0 Å². The van der Waals surface area contributed by atoms with Crippen LogP contribution >= 0.6 is 0 Å². The number of nitrogens with zero attached hydrogens (tertiary/aromatic N) is 3. The van der Waals surface area contributed by atoms with Crippen molar-refractivity contribution >= 4 is 22.7 Å². The van der Waals surface area contributed by atoms with Crippen LogP contribution in [0.15, 0.2) is 0 Å². The molecule has 94 valence electrons. The van der Waals surface area contributed by atoms with E-state index in [1.54, 1.807) is 6.26 Å². The highest BCUT2D eigenvalue weighted by molar-refractivity contribution is 7.84. The monoisotopic (exact) mass is 255 g/mol. The summed E-state index contributed by atoms with van der Waals surface area (Å²) in [5, 5.41) is 3.11. The lowest BCUT2D eigenvalue weighted by Crippen LogP contribution is -2.22. The number of hydrogen-bond donors (Lipinski definition) is 2. The third-order valence-electron chi connectivity index (χ3n) is 2.73. The first-order chi connectivity index (χ1) is 8.06. The number of aromatic nitrogens is 3. The molecule has 1 saturated carbocycles. The Morgan fingerprint density at radius 2 is 2.18 bits per heavy atom. The van der Waals surface area contributed by atoms with Crippen LogP contribution in [0.25, 0.3) is 0 Å². The molecule has 0 saturated heterocycles. The number of anilines is 2. The molecule has 1 aliphatic rings. The standard InChI is InChI=1S/C10H17N5OS/c1-6(17(2)16)5-12-10-14-8(7-3-4-7)13-9(11)15-10/h6-7H,3-5H2,1-2H3,(H3,11,12,13,14,15). The van der Waals surface area contributed by atoms with Gasteiger partial charge in [0.2, 0.25) is 11.9 Å². The Balaban J connectivity index is 2.02. The second-order valence-corrected chi connectivity index (χ2v) is 6.14. The summed E-state index contributed by atoms with van der Waals surface area (Å²) < 4.78 is 11.2. The third kappa shape index (κ3) is 3.36. The van der Waals surface area contributed by atoms with E-state index in [-0.39, 0.29) is 11.2 Å². The van der Waals surface area contributed by atoms with Crippen LogP contribution in [-0.2, 0) is 10.8 Å². The normalized spacial score (nSPS) is 18.7. The van der Waals surface area contributed by atoms with E-state index in [0.717, 1.165) is 18.7 Å². The second-order valence-electron chi connectivity index (χ2n) is 4.34. The third-order valence-corrected chi connectivity index (χ3v) is 4.03. The van der Waals surface area contributed by atoms with Crippen molar-refractivity contribution in [3.8, 4) is 0 Å². The summed E-state index contributed by atoms with van der Waals surface area (Å²) in [7, 11) is -0.856. The van der Waals surface area contributed by atoms with Gasteiger partial charge in [-0.3, -0.25) is 4.21 Å². The molecule has 2 atom stereocenters. The van der Waals surface area contributed by atoms with Crippen molar-refractivity contribution in [3.05, 3.63) is 5.82 Å². The Bertz CT molecular complexity index is 435. The molecule has 17 heavy (non-hydrogen) atoms. The van der Waals surface area contributed by atoms with Gasteiger partial charge in [-0.05, 0) is 19.8 Å². The summed E-state index contributed by atoms with van der Waals surface area (Å²) in [6.07, 6.45) is 3.93. The molecule has 2 rings (SSSR count). The molecule has 1 aromatic rings. The molecule has 7 heteroatoms. The summed E-state index contributed by atoms with van der Waals surface area (Å²) in [5.41, 5.74) is 5.63. The smallest absolute Gasteiger partial charge is 0.227 e. The fourth-order valence-electron chi connectivity index (χ4n) is 1.36. The van der Waals surface area contributed by atoms with Crippen molar-refractivity contribution in [2.75, 3.05) is 23.9 Å². The fraction of sp³-hybridized carbons (Fsp3) is 0.700. The molecular formula is C10H17N5OS. The lowest BCUT2D eigenvalue weighted by atomic mass is 10.4. The summed E-state index contributed by atoms with van der Waals surface area (Å²) in [6, 6.07) is 0. The van der Waals surface area contributed by atoms with Crippen molar-refractivity contribution in [1.29, 1.82) is 0 Å². The minimum absolute atomic E-state index is 0.0531. The summed E-state index contributed by atoms with van der Waals surface area (Å²) in [5.74, 6) is 1.94. The second kappa shape index (κ2) is 4.95. The molecule has 0 radical (unpaired) electrons. The molecule has 0 spiro atoms. The van der Waals surface area contributed by atoms with Crippen LogP contribution < -0.4 is 11.1 Å². The van der Waals surface area contributed by atoms with Crippen molar-refractivity contribution in [1.82, 2.24) is 15.0 Å². The lowest BCUT2D eigenvalue weighted by Gasteiger charge is -2.10. The van der Waals surface area contributed by atoms with Gasteiger partial charge in [0.1, 0.15) is 5.82 Å². The molecule has 1 aliphatic carbocycles. The van der Waals surface area contributed by atoms with Gasteiger partial charge in [-0.25, -0.2) is 0 Å². The van der Waals surface area contributed by atoms with E-state index < -0.39 is 10.8 Å². The van der Waals surface area contributed by atoms with Crippen molar-refractivity contribution in [2.45, 2.75) is 30.9 Å². The zero-order chi connectivity index (χ0) is 12.4. The molecule has 0 bridgehead atoms. The maximum absolute atomic E-state index is 11.2. The van der Waals surface area contributed by atoms with Crippen LogP contribution in [-0.4, -0.2) is 37.2 Å². The minimum atomic E-state index is -0.856. The Morgan fingerprint density at radius 3 is 2.76 bits per heavy atom. The SMILES string of the molecule is CC(CNc1nc(N)nc(C2CC2)n1)S(C)=O.